The second kappa shape index (κ2) is 10.2. The molecule has 0 saturated heterocycles. The molecular weight excluding hydrogens is 413 g/mol. The first-order valence-corrected chi connectivity index (χ1v) is 9.38. The third-order valence-electron chi connectivity index (χ3n) is 4.09. The van der Waals surface area contributed by atoms with Gasteiger partial charge in [-0.2, -0.15) is 0 Å². The molecule has 5 nitrogen and oxygen atoms in total. The van der Waals surface area contributed by atoms with Crippen LogP contribution in [0, 0.1) is 5.82 Å². The maximum absolute atomic E-state index is 13.4. The molecule has 0 aliphatic heterocycles. The number of benzene rings is 2. The van der Waals surface area contributed by atoms with Gasteiger partial charge in [-0.1, -0.05) is 28.1 Å². The highest BCUT2D eigenvalue weighted by molar-refractivity contribution is 9.10. The Kier molecular flexibility index (Phi) is 7.94. The summed E-state index contributed by atoms with van der Waals surface area (Å²) in [5.41, 5.74) is 1.33. The van der Waals surface area contributed by atoms with Crippen molar-refractivity contribution in [2.75, 3.05) is 27.2 Å². The second-order valence-corrected chi connectivity index (χ2v) is 7.27. The molecule has 2 aromatic carbocycles. The molecule has 27 heavy (non-hydrogen) atoms. The van der Waals surface area contributed by atoms with Crippen LogP contribution in [0.3, 0.4) is 0 Å². The summed E-state index contributed by atoms with van der Waals surface area (Å²) in [6.45, 7) is 0.600. The van der Waals surface area contributed by atoms with Crippen LogP contribution >= 0.6 is 15.9 Å². The van der Waals surface area contributed by atoms with Gasteiger partial charge in [-0.05, 0) is 56.1 Å². The van der Waals surface area contributed by atoms with Crippen LogP contribution in [0.15, 0.2) is 53.0 Å². The quantitative estimate of drug-likeness (QED) is 0.669. The molecule has 2 amide bonds. The van der Waals surface area contributed by atoms with E-state index < -0.39 is 0 Å². The lowest BCUT2D eigenvalue weighted by Gasteiger charge is -2.25. The topological polar surface area (TPSA) is 61.4 Å². The van der Waals surface area contributed by atoms with E-state index in [1.54, 1.807) is 30.3 Å². The number of carbonyl (C=O) groups is 2. The molecule has 0 spiro atoms. The summed E-state index contributed by atoms with van der Waals surface area (Å²) in [4.78, 5) is 26.0. The van der Waals surface area contributed by atoms with Crippen LogP contribution in [-0.4, -0.2) is 43.9 Å². The summed E-state index contributed by atoms with van der Waals surface area (Å²) in [6, 6.07) is 13.2. The molecule has 2 rings (SSSR count). The minimum absolute atomic E-state index is 0.137. The molecule has 0 aliphatic rings. The standard InChI is InChI=1S/C20H23BrFN3O2/c1-25(2)18(15-4-3-5-17(22)12-15)13-24-19(26)10-11-23-20(27)14-6-8-16(21)9-7-14/h3-9,12,18H,10-11,13H2,1-2H3,(H,23,27)(H,24,26)/t18-/m0/s1. The number of halogens is 2. The van der Waals surface area contributed by atoms with Gasteiger partial charge in [0.1, 0.15) is 5.82 Å². The summed E-state index contributed by atoms with van der Waals surface area (Å²) in [5.74, 6) is -0.697. The van der Waals surface area contributed by atoms with Crippen molar-refractivity contribution < 1.29 is 14.0 Å². The van der Waals surface area contributed by atoms with Gasteiger partial charge in [-0.25, -0.2) is 4.39 Å². The van der Waals surface area contributed by atoms with E-state index >= 15 is 0 Å². The first kappa shape index (κ1) is 21.1. The Labute approximate surface area is 167 Å². The van der Waals surface area contributed by atoms with E-state index in [-0.39, 0.29) is 36.6 Å². The Morgan fingerprint density at radius 3 is 2.44 bits per heavy atom. The van der Waals surface area contributed by atoms with Gasteiger partial charge >= 0.3 is 0 Å². The van der Waals surface area contributed by atoms with Gasteiger partial charge in [0.2, 0.25) is 5.91 Å². The molecule has 0 radical (unpaired) electrons. The Balaban J connectivity index is 1.79. The molecule has 0 fully saturated rings. The SMILES string of the molecule is CN(C)[C@@H](CNC(=O)CCNC(=O)c1ccc(Br)cc1)c1cccc(F)c1. The molecule has 0 aromatic heterocycles. The zero-order valence-corrected chi connectivity index (χ0v) is 16.9. The molecular formula is C20H23BrFN3O2. The number of nitrogens with zero attached hydrogens (tertiary/aromatic N) is 1. The highest BCUT2D eigenvalue weighted by Crippen LogP contribution is 2.18. The number of hydrogen-bond acceptors (Lipinski definition) is 3. The molecule has 0 unspecified atom stereocenters. The van der Waals surface area contributed by atoms with Crippen molar-refractivity contribution in [3.63, 3.8) is 0 Å². The molecule has 1 atom stereocenters. The van der Waals surface area contributed by atoms with Crippen molar-refractivity contribution in [2.24, 2.45) is 0 Å². The third kappa shape index (κ3) is 6.77. The summed E-state index contributed by atoms with van der Waals surface area (Å²) in [5, 5.41) is 5.57. The van der Waals surface area contributed by atoms with Gasteiger partial charge in [0, 0.05) is 29.5 Å². The van der Waals surface area contributed by atoms with E-state index in [1.165, 1.54) is 12.1 Å². The average Bonchev–Trinajstić information content (AvgIpc) is 2.62. The molecule has 0 bridgehead atoms. The average molecular weight is 436 g/mol. The van der Waals surface area contributed by atoms with Crippen LogP contribution in [0.25, 0.3) is 0 Å². The van der Waals surface area contributed by atoms with Crippen molar-refractivity contribution in [1.82, 2.24) is 15.5 Å². The van der Waals surface area contributed by atoms with Crippen LogP contribution < -0.4 is 10.6 Å². The van der Waals surface area contributed by atoms with Crippen LogP contribution in [0.4, 0.5) is 4.39 Å². The maximum Gasteiger partial charge on any atom is 0.251 e. The lowest BCUT2D eigenvalue weighted by atomic mass is 10.1. The van der Waals surface area contributed by atoms with Crippen molar-refractivity contribution in [3.8, 4) is 0 Å². The van der Waals surface area contributed by atoms with Crippen LogP contribution in [0.2, 0.25) is 0 Å². The first-order chi connectivity index (χ1) is 12.9. The number of nitrogens with one attached hydrogen (secondary N) is 2. The fourth-order valence-corrected chi connectivity index (χ4v) is 2.87. The van der Waals surface area contributed by atoms with Gasteiger partial charge in [-0.3, -0.25) is 9.59 Å². The van der Waals surface area contributed by atoms with Crippen molar-refractivity contribution in [3.05, 3.63) is 69.9 Å². The summed E-state index contributed by atoms with van der Waals surface area (Å²) >= 11 is 3.32. The smallest absolute Gasteiger partial charge is 0.251 e. The Hall–Kier alpha value is -2.25. The number of amides is 2. The van der Waals surface area contributed by atoms with E-state index in [2.05, 4.69) is 26.6 Å². The van der Waals surface area contributed by atoms with Gasteiger partial charge in [0.15, 0.2) is 0 Å². The summed E-state index contributed by atoms with van der Waals surface area (Å²) < 4.78 is 14.3. The second-order valence-electron chi connectivity index (χ2n) is 6.35. The fraction of sp³-hybridized carbons (Fsp3) is 0.300. The van der Waals surface area contributed by atoms with Gasteiger partial charge in [-0.15, -0.1) is 0 Å². The lowest BCUT2D eigenvalue weighted by molar-refractivity contribution is -0.121. The third-order valence-corrected chi connectivity index (χ3v) is 4.62. The maximum atomic E-state index is 13.4. The largest absolute Gasteiger partial charge is 0.354 e. The molecule has 0 saturated carbocycles. The zero-order chi connectivity index (χ0) is 19.8. The number of rotatable bonds is 8. The monoisotopic (exact) mass is 435 g/mol. The number of likely N-dealkylation sites (N-methyl/N-ethyl adjacent to an activating group) is 1. The highest BCUT2D eigenvalue weighted by Gasteiger charge is 2.16. The van der Waals surface area contributed by atoms with E-state index in [0.29, 0.717) is 12.1 Å². The van der Waals surface area contributed by atoms with Crippen molar-refractivity contribution >= 4 is 27.7 Å². The predicted octanol–water partition coefficient (Wildman–Crippen LogP) is 3.13. The molecule has 2 N–H and O–H groups in total. The Bertz CT molecular complexity index is 781. The molecule has 2 aromatic rings. The van der Waals surface area contributed by atoms with Gasteiger partial charge < -0.3 is 15.5 Å². The highest BCUT2D eigenvalue weighted by atomic mass is 79.9. The fourth-order valence-electron chi connectivity index (χ4n) is 2.60. The van der Waals surface area contributed by atoms with Crippen LogP contribution in [0.5, 0.6) is 0 Å². The van der Waals surface area contributed by atoms with Gasteiger partial charge in [0.05, 0.1) is 6.04 Å². The first-order valence-electron chi connectivity index (χ1n) is 8.59. The molecule has 0 aliphatic carbocycles. The lowest BCUT2D eigenvalue weighted by Crippen LogP contribution is -2.36. The Morgan fingerprint density at radius 1 is 1.11 bits per heavy atom. The Morgan fingerprint density at radius 2 is 1.81 bits per heavy atom. The normalized spacial score (nSPS) is 11.9. The summed E-state index contributed by atoms with van der Waals surface area (Å²) in [7, 11) is 3.75. The van der Waals surface area contributed by atoms with E-state index in [4.69, 9.17) is 0 Å². The van der Waals surface area contributed by atoms with E-state index in [0.717, 1.165) is 10.0 Å². The van der Waals surface area contributed by atoms with Gasteiger partial charge in [0.25, 0.3) is 5.91 Å². The van der Waals surface area contributed by atoms with Crippen LogP contribution in [0.1, 0.15) is 28.4 Å². The number of hydrogen-bond donors (Lipinski definition) is 2. The molecule has 0 heterocycles. The van der Waals surface area contributed by atoms with Crippen molar-refractivity contribution in [2.45, 2.75) is 12.5 Å². The number of carbonyl (C=O) groups excluding carboxylic acids is 2. The zero-order valence-electron chi connectivity index (χ0n) is 15.3. The van der Waals surface area contributed by atoms with Crippen molar-refractivity contribution in [1.29, 1.82) is 0 Å². The predicted molar refractivity (Wildman–Crippen MR) is 107 cm³/mol. The summed E-state index contributed by atoms with van der Waals surface area (Å²) in [6.07, 6.45) is 0.172. The molecule has 144 valence electrons. The minimum Gasteiger partial charge on any atom is -0.354 e. The minimum atomic E-state index is -0.304. The van der Waals surface area contributed by atoms with Crippen LogP contribution in [-0.2, 0) is 4.79 Å². The van der Waals surface area contributed by atoms with E-state index in [1.807, 2.05) is 25.1 Å². The molecule has 7 heteroatoms. The van der Waals surface area contributed by atoms with E-state index in [9.17, 15) is 14.0 Å².